The zero-order valence-corrected chi connectivity index (χ0v) is 13.2. The lowest BCUT2D eigenvalue weighted by Crippen LogP contribution is -2.25. The van der Waals surface area contributed by atoms with Gasteiger partial charge in [0.05, 0.1) is 0 Å². The van der Waals surface area contributed by atoms with Gasteiger partial charge < -0.3 is 10.6 Å². The first-order valence-corrected chi connectivity index (χ1v) is 8.00. The third-order valence-corrected chi connectivity index (χ3v) is 4.59. The Hall–Kier alpha value is -1.32. The summed E-state index contributed by atoms with van der Waals surface area (Å²) in [5.74, 6) is 4.39. The van der Waals surface area contributed by atoms with E-state index in [0.717, 1.165) is 42.1 Å². The molecular formula is C16H28N4. The first-order valence-electron chi connectivity index (χ1n) is 8.00. The molecule has 0 bridgehead atoms. The lowest BCUT2D eigenvalue weighted by molar-refractivity contribution is 0.391. The molecule has 0 amide bonds. The molecule has 1 heterocycles. The van der Waals surface area contributed by atoms with Crippen LogP contribution in [-0.4, -0.2) is 23.1 Å². The summed E-state index contributed by atoms with van der Waals surface area (Å²) < 4.78 is 0. The summed E-state index contributed by atoms with van der Waals surface area (Å²) in [6, 6.07) is 2.57. The Bertz CT molecular complexity index is 432. The Labute approximate surface area is 122 Å². The molecule has 4 heteroatoms. The zero-order valence-electron chi connectivity index (χ0n) is 13.2. The number of hydrogen-bond acceptors (Lipinski definition) is 4. The van der Waals surface area contributed by atoms with Crippen LogP contribution in [0, 0.1) is 11.8 Å². The average molecular weight is 276 g/mol. The molecule has 1 saturated carbocycles. The largest absolute Gasteiger partial charge is 0.373 e. The quantitative estimate of drug-likeness (QED) is 0.831. The Morgan fingerprint density at radius 1 is 1.20 bits per heavy atom. The number of aromatic nitrogens is 2. The van der Waals surface area contributed by atoms with Crippen LogP contribution in [0.2, 0.25) is 0 Å². The van der Waals surface area contributed by atoms with E-state index in [4.69, 9.17) is 0 Å². The maximum Gasteiger partial charge on any atom is 0.133 e. The van der Waals surface area contributed by atoms with Crippen molar-refractivity contribution >= 4 is 11.6 Å². The van der Waals surface area contributed by atoms with Gasteiger partial charge in [-0.1, -0.05) is 27.2 Å². The van der Waals surface area contributed by atoms with Crippen molar-refractivity contribution in [3.8, 4) is 0 Å². The van der Waals surface area contributed by atoms with E-state index in [1.54, 1.807) is 0 Å². The SMILES string of the molecule is CCCc1nc(NC)cc(NC2CCC(CC)C2C)n1. The van der Waals surface area contributed by atoms with Crippen molar-refractivity contribution in [1.82, 2.24) is 9.97 Å². The number of nitrogens with zero attached hydrogens (tertiary/aromatic N) is 2. The molecule has 0 aliphatic heterocycles. The summed E-state index contributed by atoms with van der Waals surface area (Å²) in [7, 11) is 1.91. The predicted octanol–water partition coefficient (Wildman–Crippen LogP) is 3.71. The van der Waals surface area contributed by atoms with E-state index in [9.17, 15) is 0 Å². The lowest BCUT2D eigenvalue weighted by atomic mass is 9.93. The molecule has 2 rings (SSSR count). The van der Waals surface area contributed by atoms with Gasteiger partial charge in [-0.3, -0.25) is 0 Å². The maximum atomic E-state index is 4.66. The van der Waals surface area contributed by atoms with Gasteiger partial charge in [0.25, 0.3) is 0 Å². The summed E-state index contributed by atoms with van der Waals surface area (Å²) in [4.78, 5) is 9.16. The molecule has 0 spiro atoms. The third-order valence-electron chi connectivity index (χ3n) is 4.59. The number of anilines is 2. The Morgan fingerprint density at radius 2 is 1.95 bits per heavy atom. The van der Waals surface area contributed by atoms with Crippen molar-refractivity contribution < 1.29 is 0 Å². The Morgan fingerprint density at radius 3 is 2.55 bits per heavy atom. The molecule has 3 unspecified atom stereocenters. The second-order valence-corrected chi connectivity index (χ2v) is 5.91. The van der Waals surface area contributed by atoms with E-state index in [1.165, 1.54) is 19.3 Å². The second-order valence-electron chi connectivity index (χ2n) is 5.91. The molecule has 1 aliphatic carbocycles. The minimum absolute atomic E-state index is 0.550. The van der Waals surface area contributed by atoms with Gasteiger partial charge in [0, 0.05) is 25.6 Å². The fourth-order valence-corrected chi connectivity index (χ4v) is 3.25. The molecule has 1 aromatic rings. The summed E-state index contributed by atoms with van der Waals surface area (Å²) >= 11 is 0. The van der Waals surface area contributed by atoms with E-state index < -0.39 is 0 Å². The molecule has 3 atom stereocenters. The molecule has 2 N–H and O–H groups in total. The van der Waals surface area contributed by atoms with Crippen LogP contribution in [0.3, 0.4) is 0 Å². The molecule has 1 aliphatic rings. The first kappa shape index (κ1) is 15.1. The molecular weight excluding hydrogens is 248 g/mol. The highest BCUT2D eigenvalue weighted by Gasteiger charge is 2.31. The predicted molar refractivity (Wildman–Crippen MR) is 85.2 cm³/mol. The highest BCUT2D eigenvalue weighted by atomic mass is 15.1. The van der Waals surface area contributed by atoms with Crippen LogP contribution < -0.4 is 10.6 Å². The molecule has 0 radical (unpaired) electrons. The molecule has 1 fully saturated rings. The van der Waals surface area contributed by atoms with Gasteiger partial charge in [0.15, 0.2) is 0 Å². The summed E-state index contributed by atoms with van der Waals surface area (Å²) in [5.41, 5.74) is 0. The van der Waals surface area contributed by atoms with Crippen LogP contribution in [-0.2, 0) is 6.42 Å². The molecule has 4 nitrogen and oxygen atoms in total. The Balaban J connectivity index is 2.10. The summed E-state index contributed by atoms with van der Waals surface area (Å²) in [6.07, 6.45) is 5.88. The number of nitrogens with one attached hydrogen (secondary N) is 2. The van der Waals surface area contributed by atoms with Crippen LogP contribution in [0.15, 0.2) is 6.07 Å². The number of rotatable bonds is 6. The minimum atomic E-state index is 0.550. The maximum absolute atomic E-state index is 4.66. The van der Waals surface area contributed by atoms with Crippen molar-refractivity contribution in [2.24, 2.45) is 11.8 Å². The van der Waals surface area contributed by atoms with Gasteiger partial charge in [0.2, 0.25) is 0 Å². The highest BCUT2D eigenvalue weighted by Crippen LogP contribution is 2.35. The average Bonchev–Trinajstić information content (AvgIpc) is 2.79. The van der Waals surface area contributed by atoms with Crippen molar-refractivity contribution in [2.45, 2.75) is 58.9 Å². The van der Waals surface area contributed by atoms with Gasteiger partial charge in [-0.2, -0.15) is 0 Å². The molecule has 0 saturated heterocycles. The molecule has 112 valence electrons. The lowest BCUT2D eigenvalue weighted by Gasteiger charge is -2.22. The number of aryl methyl sites for hydroxylation is 1. The summed E-state index contributed by atoms with van der Waals surface area (Å²) in [5, 5.41) is 6.77. The van der Waals surface area contributed by atoms with Crippen molar-refractivity contribution in [1.29, 1.82) is 0 Å². The van der Waals surface area contributed by atoms with E-state index in [1.807, 2.05) is 13.1 Å². The smallest absolute Gasteiger partial charge is 0.133 e. The monoisotopic (exact) mass is 276 g/mol. The third kappa shape index (κ3) is 3.41. The van der Waals surface area contributed by atoms with Crippen LogP contribution in [0.25, 0.3) is 0 Å². The van der Waals surface area contributed by atoms with Crippen LogP contribution in [0.5, 0.6) is 0 Å². The highest BCUT2D eigenvalue weighted by molar-refractivity contribution is 5.48. The first-order chi connectivity index (χ1) is 9.67. The summed E-state index contributed by atoms with van der Waals surface area (Å²) in [6.45, 7) is 6.83. The molecule has 20 heavy (non-hydrogen) atoms. The van der Waals surface area contributed by atoms with E-state index in [0.29, 0.717) is 6.04 Å². The van der Waals surface area contributed by atoms with Gasteiger partial charge in [-0.15, -0.1) is 0 Å². The normalized spacial score (nSPS) is 25.7. The van der Waals surface area contributed by atoms with E-state index in [2.05, 4.69) is 41.4 Å². The van der Waals surface area contributed by atoms with Crippen molar-refractivity contribution in [2.75, 3.05) is 17.7 Å². The van der Waals surface area contributed by atoms with Crippen LogP contribution in [0.1, 0.15) is 52.3 Å². The second kappa shape index (κ2) is 6.91. The van der Waals surface area contributed by atoms with E-state index in [-0.39, 0.29) is 0 Å². The Kier molecular flexibility index (Phi) is 5.21. The van der Waals surface area contributed by atoms with Crippen LogP contribution >= 0.6 is 0 Å². The minimum Gasteiger partial charge on any atom is -0.373 e. The van der Waals surface area contributed by atoms with Crippen LogP contribution in [0.4, 0.5) is 11.6 Å². The fraction of sp³-hybridized carbons (Fsp3) is 0.750. The number of hydrogen-bond donors (Lipinski definition) is 2. The fourth-order valence-electron chi connectivity index (χ4n) is 3.25. The molecule has 0 aromatic carbocycles. The van der Waals surface area contributed by atoms with Gasteiger partial charge in [-0.05, 0) is 31.1 Å². The van der Waals surface area contributed by atoms with Gasteiger partial charge in [-0.25, -0.2) is 9.97 Å². The standard InChI is InChI=1S/C16H28N4/c1-5-7-14-19-15(17-4)10-16(20-14)18-13-9-8-12(6-2)11(13)3/h10-13H,5-9H2,1-4H3,(H2,17,18,19,20). The van der Waals surface area contributed by atoms with Crippen molar-refractivity contribution in [3.63, 3.8) is 0 Å². The van der Waals surface area contributed by atoms with Gasteiger partial charge >= 0.3 is 0 Å². The van der Waals surface area contributed by atoms with Crippen molar-refractivity contribution in [3.05, 3.63) is 11.9 Å². The zero-order chi connectivity index (χ0) is 14.5. The van der Waals surface area contributed by atoms with Gasteiger partial charge in [0.1, 0.15) is 17.5 Å². The molecule has 1 aromatic heterocycles. The van der Waals surface area contributed by atoms with E-state index >= 15 is 0 Å². The topological polar surface area (TPSA) is 49.8 Å².